The van der Waals surface area contributed by atoms with Crippen molar-refractivity contribution < 1.29 is 13.9 Å². The number of nitrogens with one attached hydrogen (secondary N) is 1. The molecule has 0 unspecified atom stereocenters. The predicted octanol–water partition coefficient (Wildman–Crippen LogP) is 5.42. The number of hydrogen-bond donors (Lipinski definition) is 1. The Morgan fingerprint density at radius 1 is 1.00 bits per heavy atom. The van der Waals surface area contributed by atoms with Crippen LogP contribution in [0.15, 0.2) is 47.0 Å². The van der Waals surface area contributed by atoms with Crippen molar-refractivity contribution >= 4 is 28.9 Å². The summed E-state index contributed by atoms with van der Waals surface area (Å²) in [5, 5.41) is 4.46. The first-order chi connectivity index (χ1) is 12.7. The highest BCUT2D eigenvalue weighted by Gasteiger charge is 2.15. The third-order valence-electron chi connectivity index (χ3n) is 3.95. The van der Waals surface area contributed by atoms with Gasteiger partial charge in [-0.25, -0.2) is 4.98 Å². The molecule has 0 spiro atoms. The number of halogens is 2. The Hall–Kier alpha value is -2.37. The molecule has 1 N–H and O–H groups in total. The van der Waals surface area contributed by atoms with Crippen molar-refractivity contribution in [3.05, 3.63) is 58.5 Å². The lowest BCUT2D eigenvalue weighted by Gasteiger charge is -2.12. The third-order valence-corrected chi connectivity index (χ3v) is 4.51. The van der Waals surface area contributed by atoms with Crippen LogP contribution in [0, 0.1) is 0 Å². The van der Waals surface area contributed by atoms with Crippen LogP contribution in [0.4, 0.5) is 5.69 Å². The van der Waals surface area contributed by atoms with Crippen LogP contribution in [-0.2, 0) is 6.54 Å². The molecule has 0 bridgehead atoms. The van der Waals surface area contributed by atoms with E-state index in [-0.39, 0.29) is 0 Å². The molecule has 134 valence electrons. The fraction of sp³-hybridized carbons (Fsp3) is 0.211. The van der Waals surface area contributed by atoms with Gasteiger partial charge in [-0.05, 0) is 24.3 Å². The maximum atomic E-state index is 6.34. The molecule has 7 heteroatoms. The van der Waals surface area contributed by atoms with Gasteiger partial charge in [0, 0.05) is 29.1 Å². The number of rotatable bonds is 4. The molecule has 0 saturated heterocycles. The molecule has 5 nitrogen and oxygen atoms in total. The molecular weight excluding hydrogens is 375 g/mol. The van der Waals surface area contributed by atoms with Gasteiger partial charge in [-0.1, -0.05) is 23.2 Å². The molecule has 0 atom stereocenters. The molecule has 0 fully saturated rings. The summed E-state index contributed by atoms with van der Waals surface area (Å²) in [6.07, 6.45) is 2.54. The molecule has 1 aromatic heterocycles. The first-order valence-electron chi connectivity index (χ1n) is 8.23. The highest BCUT2D eigenvalue weighted by atomic mass is 35.5. The molecule has 26 heavy (non-hydrogen) atoms. The lowest BCUT2D eigenvalue weighted by atomic mass is 10.2. The van der Waals surface area contributed by atoms with Crippen molar-refractivity contribution in [1.82, 2.24) is 4.98 Å². The molecule has 0 saturated carbocycles. The van der Waals surface area contributed by atoms with Crippen LogP contribution in [0.1, 0.15) is 12.3 Å². The van der Waals surface area contributed by atoms with Crippen LogP contribution in [0.3, 0.4) is 0 Å². The van der Waals surface area contributed by atoms with Crippen LogP contribution in [0.2, 0.25) is 10.0 Å². The zero-order chi connectivity index (χ0) is 17.9. The van der Waals surface area contributed by atoms with Crippen LogP contribution < -0.4 is 14.8 Å². The van der Waals surface area contributed by atoms with Gasteiger partial charge in [0.25, 0.3) is 0 Å². The number of fused-ring (bicyclic) bond motifs is 1. The molecule has 0 radical (unpaired) electrons. The highest BCUT2D eigenvalue weighted by molar-refractivity contribution is 6.33. The van der Waals surface area contributed by atoms with Crippen molar-refractivity contribution in [2.45, 2.75) is 13.0 Å². The highest BCUT2D eigenvalue weighted by Crippen LogP contribution is 2.37. The normalized spacial score (nSPS) is 13.3. The van der Waals surface area contributed by atoms with E-state index in [2.05, 4.69) is 10.3 Å². The van der Waals surface area contributed by atoms with E-state index in [0.29, 0.717) is 53.0 Å². The maximum absolute atomic E-state index is 6.34. The van der Waals surface area contributed by atoms with Crippen molar-refractivity contribution in [2.75, 3.05) is 18.5 Å². The predicted molar refractivity (Wildman–Crippen MR) is 101 cm³/mol. The van der Waals surface area contributed by atoms with Gasteiger partial charge < -0.3 is 19.2 Å². The third kappa shape index (κ3) is 3.74. The van der Waals surface area contributed by atoms with Crippen LogP contribution >= 0.6 is 23.2 Å². The summed E-state index contributed by atoms with van der Waals surface area (Å²) in [5.41, 5.74) is 1.66. The minimum Gasteiger partial charge on any atom is -0.490 e. The average molecular weight is 391 g/mol. The fourth-order valence-corrected chi connectivity index (χ4v) is 2.98. The van der Waals surface area contributed by atoms with Crippen molar-refractivity contribution in [1.29, 1.82) is 0 Å². The summed E-state index contributed by atoms with van der Waals surface area (Å²) in [7, 11) is 0. The van der Waals surface area contributed by atoms with Gasteiger partial charge in [-0.15, -0.1) is 0 Å². The van der Waals surface area contributed by atoms with E-state index in [4.69, 9.17) is 37.1 Å². The number of ether oxygens (including phenoxy) is 2. The lowest BCUT2D eigenvalue weighted by Crippen LogP contribution is -2.01. The van der Waals surface area contributed by atoms with E-state index >= 15 is 0 Å². The lowest BCUT2D eigenvalue weighted by molar-refractivity contribution is 0.297. The summed E-state index contributed by atoms with van der Waals surface area (Å²) in [6, 6.07) is 11.0. The first-order valence-corrected chi connectivity index (χ1v) is 8.98. The minimum atomic E-state index is 0.396. The molecule has 2 heterocycles. The summed E-state index contributed by atoms with van der Waals surface area (Å²) in [4.78, 5) is 4.30. The Morgan fingerprint density at radius 2 is 1.73 bits per heavy atom. The second-order valence-electron chi connectivity index (χ2n) is 5.81. The Morgan fingerprint density at radius 3 is 2.50 bits per heavy atom. The van der Waals surface area contributed by atoms with E-state index in [9.17, 15) is 0 Å². The summed E-state index contributed by atoms with van der Waals surface area (Å²) in [5.74, 6) is 2.59. The van der Waals surface area contributed by atoms with Crippen molar-refractivity contribution in [3.8, 4) is 22.8 Å². The van der Waals surface area contributed by atoms with Crippen LogP contribution in [-0.4, -0.2) is 18.2 Å². The number of hydrogen-bond acceptors (Lipinski definition) is 5. The summed E-state index contributed by atoms with van der Waals surface area (Å²) < 4.78 is 17.1. The van der Waals surface area contributed by atoms with Crippen molar-refractivity contribution in [2.24, 2.45) is 0 Å². The standard InChI is InChI=1S/C19H16Cl2N2O3/c20-13-4-2-12(3-5-13)18-10-23-19(26-18)11-22-15-9-17-16(8-14(15)21)24-6-1-7-25-17/h2-5,8-10,22H,1,6-7,11H2. The fourth-order valence-electron chi connectivity index (χ4n) is 2.63. The van der Waals surface area contributed by atoms with Gasteiger partial charge in [0.1, 0.15) is 0 Å². The van der Waals surface area contributed by atoms with E-state index in [1.165, 1.54) is 0 Å². The van der Waals surface area contributed by atoms with Gasteiger partial charge in [0.2, 0.25) is 5.89 Å². The molecular formula is C19H16Cl2N2O3. The van der Waals surface area contributed by atoms with Gasteiger partial charge in [0.05, 0.1) is 36.7 Å². The molecule has 3 aromatic rings. The van der Waals surface area contributed by atoms with E-state index in [0.717, 1.165) is 17.7 Å². The van der Waals surface area contributed by atoms with E-state index in [1.807, 2.05) is 30.3 Å². The minimum absolute atomic E-state index is 0.396. The van der Waals surface area contributed by atoms with Gasteiger partial charge in [0.15, 0.2) is 17.3 Å². The van der Waals surface area contributed by atoms with Gasteiger partial charge >= 0.3 is 0 Å². The zero-order valence-corrected chi connectivity index (χ0v) is 15.3. The number of oxazole rings is 1. The molecule has 4 rings (SSSR count). The van der Waals surface area contributed by atoms with Gasteiger partial charge in [-0.3, -0.25) is 0 Å². The molecule has 1 aliphatic rings. The largest absolute Gasteiger partial charge is 0.490 e. The van der Waals surface area contributed by atoms with Crippen LogP contribution in [0.5, 0.6) is 11.5 Å². The Bertz CT molecular complexity index is 910. The SMILES string of the molecule is Clc1ccc(-c2cnc(CNc3cc4c(cc3Cl)OCCCO4)o2)cc1. The van der Waals surface area contributed by atoms with E-state index in [1.54, 1.807) is 12.3 Å². The number of anilines is 1. The molecule has 1 aliphatic heterocycles. The van der Waals surface area contributed by atoms with Crippen molar-refractivity contribution in [3.63, 3.8) is 0 Å². The molecule has 2 aromatic carbocycles. The number of aromatic nitrogens is 1. The average Bonchev–Trinajstić information content (AvgIpc) is 3.00. The molecule has 0 amide bonds. The second kappa shape index (κ2) is 7.48. The monoisotopic (exact) mass is 390 g/mol. The quantitative estimate of drug-likeness (QED) is 0.644. The summed E-state index contributed by atoms with van der Waals surface area (Å²) in [6.45, 7) is 1.64. The second-order valence-corrected chi connectivity index (χ2v) is 6.65. The summed E-state index contributed by atoms with van der Waals surface area (Å²) >= 11 is 12.2. The van der Waals surface area contributed by atoms with Crippen LogP contribution in [0.25, 0.3) is 11.3 Å². The maximum Gasteiger partial charge on any atom is 0.214 e. The molecule has 0 aliphatic carbocycles. The smallest absolute Gasteiger partial charge is 0.214 e. The Labute approximate surface area is 160 Å². The number of nitrogens with zero attached hydrogens (tertiary/aromatic N) is 1. The van der Waals surface area contributed by atoms with E-state index < -0.39 is 0 Å². The van der Waals surface area contributed by atoms with Gasteiger partial charge in [-0.2, -0.15) is 0 Å². The number of benzene rings is 2. The zero-order valence-electron chi connectivity index (χ0n) is 13.8. The first kappa shape index (κ1) is 17.1. The Kier molecular flexibility index (Phi) is 4.91. The Balaban J connectivity index is 1.48. The topological polar surface area (TPSA) is 56.5 Å².